The van der Waals surface area contributed by atoms with Gasteiger partial charge in [-0.3, -0.25) is 0 Å². The Morgan fingerprint density at radius 1 is 1.39 bits per heavy atom. The number of nitrogens with zero attached hydrogens (tertiary/aromatic N) is 2. The molecule has 1 saturated carbocycles. The molecule has 2 rings (SSSR count). The molecule has 0 radical (unpaired) electrons. The summed E-state index contributed by atoms with van der Waals surface area (Å²) in [6.45, 7) is 2.33. The van der Waals surface area contributed by atoms with Crippen LogP contribution in [0.4, 0.5) is 5.69 Å². The SMILES string of the molecule is CC1CCCC(N(C)c2ccc(C#N)c(Cl)c2)C1. The average molecular weight is 263 g/mol. The summed E-state index contributed by atoms with van der Waals surface area (Å²) in [7, 11) is 2.13. The monoisotopic (exact) mass is 262 g/mol. The molecule has 1 aromatic rings. The Morgan fingerprint density at radius 2 is 2.17 bits per heavy atom. The summed E-state index contributed by atoms with van der Waals surface area (Å²) in [5.74, 6) is 0.806. The molecule has 1 aliphatic rings. The van der Waals surface area contributed by atoms with Crippen molar-refractivity contribution < 1.29 is 0 Å². The van der Waals surface area contributed by atoms with E-state index in [0.717, 1.165) is 11.6 Å². The minimum absolute atomic E-state index is 0.547. The van der Waals surface area contributed by atoms with Crippen molar-refractivity contribution in [2.75, 3.05) is 11.9 Å². The molecule has 0 saturated heterocycles. The molecule has 2 atom stereocenters. The van der Waals surface area contributed by atoms with Crippen LogP contribution in [0.5, 0.6) is 0 Å². The van der Waals surface area contributed by atoms with Crippen molar-refractivity contribution in [2.24, 2.45) is 5.92 Å². The van der Waals surface area contributed by atoms with Gasteiger partial charge in [0.25, 0.3) is 0 Å². The van der Waals surface area contributed by atoms with Gasteiger partial charge in [0.05, 0.1) is 10.6 Å². The van der Waals surface area contributed by atoms with E-state index in [1.54, 1.807) is 6.07 Å². The molecule has 0 spiro atoms. The lowest BCUT2D eigenvalue weighted by Crippen LogP contribution is -2.35. The van der Waals surface area contributed by atoms with E-state index in [-0.39, 0.29) is 0 Å². The summed E-state index contributed by atoms with van der Waals surface area (Å²) in [4.78, 5) is 2.31. The highest BCUT2D eigenvalue weighted by atomic mass is 35.5. The van der Waals surface area contributed by atoms with E-state index in [0.29, 0.717) is 16.6 Å². The largest absolute Gasteiger partial charge is 0.372 e. The van der Waals surface area contributed by atoms with Gasteiger partial charge in [0.15, 0.2) is 0 Å². The Hall–Kier alpha value is -1.20. The summed E-state index contributed by atoms with van der Waals surface area (Å²) in [6, 6.07) is 8.39. The number of benzene rings is 1. The van der Waals surface area contributed by atoms with Gasteiger partial charge in [-0.05, 0) is 37.0 Å². The van der Waals surface area contributed by atoms with Gasteiger partial charge < -0.3 is 4.90 Å². The molecule has 2 unspecified atom stereocenters. The van der Waals surface area contributed by atoms with E-state index in [1.807, 2.05) is 12.1 Å². The molecule has 0 bridgehead atoms. The first kappa shape index (κ1) is 13.2. The topological polar surface area (TPSA) is 27.0 Å². The maximum Gasteiger partial charge on any atom is 0.101 e. The second-order valence-corrected chi connectivity index (χ2v) is 5.72. The van der Waals surface area contributed by atoms with E-state index in [4.69, 9.17) is 16.9 Å². The van der Waals surface area contributed by atoms with E-state index < -0.39 is 0 Å². The Labute approximate surface area is 114 Å². The van der Waals surface area contributed by atoms with Gasteiger partial charge in [0.2, 0.25) is 0 Å². The number of hydrogen-bond donors (Lipinski definition) is 0. The highest BCUT2D eigenvalue weighted by Gasteiger charge is 2.22. The van der Waals surface area contributed by atoms with E-state index in [2.05, 4.69) is 24.9 Å². The minimum atomic E-state index is 0.547. The quantitative estimate of drug-likeness (QED) is 0.798. The molecular formula is C15H19ClN2. The number of hydrogen-bond acceptors (Lipinski definition) is 2. The van der Waals surface area contributed by atoms with Gasteiger partial charge in [-0.15, -0.1) is 0 Å². The lowest BCUT2D eigenvalue weighted by Gasteiger charge is -2.35. The molecule has 1 aliphatic carbocycles. The molecule has 1 fully saturated rings. The van der Waals surface area contributed by atoms with Crippen LogP contribution in [0.1, 0.15) is 38.2 Å². The fraction of sp³-hybridized carbons (Fsp3) is 0.533. The fourth-order valence-corrected chi connectivity index (χ4v) is 3.00. The van der Waals surface area contributed by atoms with Gasteiger partial charge in [-0.25, -0.2) is 0 Å². The van der Waals surface area contributed by atoms with Crippen LogP contribution in [0.25, 0.3) is 0 Å². The third-order valence-corrected chi connectivity index (χ3v) is 4.25. The number of halogens is 1. The van der Waals surface area contributed by atoms with Crippen molar-refractivity contribution in [3.05, 3.63) is 28.8 Å². The molecule has 0 heterocycles. The number of rotatable bonds is 2. The second-order valence-electron chi connectivity index (χ2n) is 5.31. The zero-order chi connectivity index (χ0) is 13.1. The van der Waals surface area contributed by atoms with E-state index >= 15 is 0 Å². The number of anilines is 1. The molecular weight excluding hydrogens is 244 g/mol. The maximum absolute atomic E-state index is 8.88. The average Bonchev–Trinajstić information content (AvgIpc) is 2.37. The van der Waals surface area contributed by atoms with Crippen LogP contribution in [0.3, 0.4) is 0 Å². The van der Waals surface area contributed by atoms with Crippen LogP contribution in [0, 0.1) is 17.2 Å². The van der Waals surface area contributed by atoms with Gasteiger partial charge in [0.1, 0.15) is 6.07 Å². The summed E-state index contributed by atoms with van der Waals surface area (Å²) in [6.07, 6.45) is 5.14. The first-order chi connectivity index (χ1) is 8.61. The summed E-state index contributed by atoms with van der Waals surface area (Å²) < 4.78 is 0. The highest BCUT2D eigenvalue weighted by Crippen LogP contribution is 2.31. The van der Waals surface area contributed by atoms with Crippen molar-refractivity contribution in [2.45, 2.75) is 38.6 Å². The maximum atomic E-state index is 8.88. The van der Waals surface area contributed by atoms with Gasteiger partial charge in [-0.1, -0.05) is 31.4 Å². The first-order valence-electron chi connectivity index (χ1n) is 6.54. The minimum Gasteiger partial charge on any atom is -0.372 e. The van der Waals surface area contributed by atoms with Crippen molar-refractivity contribution in [1.29, 1.82) is 5.26 Å². The Bertz CT molecular complexity index is 464. The summed E-state index contributed by atoms with van der Waals surface area (Å²) >= 11 is 6.09. The van der Waals surface area contributed by atoms with Crippen molar-refractivity contribution in [3.8, 4) is 6.07 Å². The first-order valence-corrected chi connectivity index (χ1v) is 6.92. The lowest BCUT2D eigenvalue weighted by molar-refractivity contribution is 0.336. The van der Waals surface area contributed by atoms with Crippen molar-refractivity contribution in [3.63, 3.8) is 0 Å². The van der Waals surface area contributed by atoms with Gasteiger partial charge in [-0.2, -0.15) is 5.26 Å². The zero-order valence-corrected chi connectivity index (χ0v) is 11.7. The molecule has 18 heavy (non-hydrogen) atoms. The van der Waals surface area contributed by atoms with Crippen LogP contribution in [-0.4, -0.2) is 13.1 Å². The lowest BCUT2D eigenvalue weighted by atomic mass is 9.86. The number of nitriles is 1. The molecule has 0 aromatic heterocycles. The fourth-order valence-electron chi connectivity index (χ4n) is 2.78. The smallest absolute Gasteiger partial charge is 0.101 e. The highest BCUT2D eigenvalue weighted by molar-refractivity contribution is 6.32. The predicted molar refractivity (Wildman–Crippen MR) is 76.0 cm³/mol. The van der Waals surface area contributed by atoms with Crippen molar-refractivity contribution in [1.82, 2.24) is 0 Å². The van der Waals surface area contributed by atoms with E-state index in [1.165, 1.54) is 25.7 Å². The Morgan fingerprint density at radius 3 is 2.78 bits per heavy atom. The van der Waals surface area contributed by atoms with E-state index in [9.17, 15) is 0 Å². The second kappa shape index (κ2) is 5.63. The third kappa shape index (κ3) is 2.79. The molecule has 0 aliphatic heterocycles. The summed E-state index contributed by atoms with van der Waals surface area (Å²) in [5.41, 5.74) is 1.66. The van der Waals surface area contributed by atoms with Crippen LogP contribution in [-0.2, 0) is 0 Å². The van der Waals surface area contributed by atoms with Gasteiger partial charge >= 0.3 is 0 Å². The standard InChI is InChI=1S/C15H19ClN2/c1-11-4-3-5-13(8-11)18(2)14-7-6-12(10-17)15(16)9-14/h6-7,9,11,13H,3-5,8H2,1-2H3. The molecule has 1 aromatic carbocycles. The predicted octanol–water partition coefficient (Wildman–Crippen LogP) is 4.23. The van der Waals surface area contributed by atoms with Crippen molar-refractivity contribution >= 4 is 17.3 Å². The molecule has 96 valence electrons. The van der Waals surface area contributed by atoms with Crippen LogP contribution in [0.15, 0.2) is 18.2 Å². The van der Waals surface area contributed by atoms with Gasteiger partial charge in [0, 0.05) is 18.8 Å². The Kier molecular flexibility index (Phi) is 4.14. The van der Waals surface area contributed by atoms with Crippen LogP contribution in [0.2, 0.25) is 5.02 Å². The molecule has 3 heteroatoms. The van der Waals surface area contributed by atoms with Crippen LogP contribution < -0.4 is 4.90 Å². The molecule has 0 N–H and O–H groups in total. The Balaban J connectivity index is 2.15. The van der Waals surface area contributed by atoms with Crippen LogP contribution >= 0.6 is 11.6 Å². The third-order valence-electron chi connectivity index (χ3n) is 3.94. The zero-order valence-electron chi connectivity index (χ0n) is 11.0. The molecule has 2 nitrogen and oxygen atoms in total. The normalized spacial score (nSPS) is 23.4. The molecule has 0 amide bonds. The summed E-state index contributed by atoms with van der Waals surface area (Å²) in [5, 5.41) is 9.43.